The normalized spacial score (nSPS) is 15.6. The summed E-state index contributed by atoms with van der Waals surface area (Å²) in [6.45, 7) is 8.83. The number of furan rings is 3. The first kappa shape index (κ1) is 55.2. The van der Waals surface area contributed by atoms with E-state index in [2.05, 4.69) is 82.3 Å². The summed E-state index contributed by atoms with van der Waals surface area (Å²) in [4.78, 5) is 0. The summed E-state index contributed by atoms with van der Waals surface area (Å²) < 4.78 is 237. The smallest absolute Gasteiger partial charge is 0.136 e. The number of benzene rings is 23. The van der Waals surface area contributed by atoms with Gasteiger partial charge >= 0.3 is 0 Å². The molecule has 614 valence electrons. The minimum Gasteiger partial charge on any atom is -0.456 e. The summed E-state index contributed by atoms with van der Waals surface area (Å²) >= 11 is 0. The lowest BCUT2D eigenvalue weighted by atomic mass is 9.81. The summed E-state index contributed by atoms with van der Waals surface area (Å²) in [7, 11) is 0. The molecule has 131 heavy (non-hydrogen) atoms. The number of hydrogen-bond donors (Lipinski definition) is 0. The molecule has 0 N–H and O–H groups in total. The lowest BCUT2D eigenvalue weighted by molar-refractivity contribution is 0.660. The van der Waals surface area contributed by atoms with Crippen molar-refractivity contribution in [3.63, 3.8) is 0 Å². The highest BCUT2D eigenvalue weighted by Gasteiger charge is 2.38. The molecule has 0 spiro atoms. The minimum absolute atomic E-state index is 0.126. The van der Waals surface area contributed by atoms with Gasteiger partial charge in [0.2, 0.25) is 0 Å². The molecule has 0 unspecified atom stereocenters. The molecular formula is C128H84O3. The van der Waals surface area contributed by atoms with Crippen molar-refractivity contribution in [2.75, 3.05) is 0 Å². The Hall–Kier alpha value is -16.5. The molecule has 0 atom stereocenters. The second kappa shape index (κ2) is 29.6. The fourth-order valence-electron chi connectivity index (χ4n) is 21.3. The van der Waals surface area contributed by atoms with Gasteiger partial charge in [-0.25, -0.2) is 0 Å². The lowest BCUT2D eigenvalue weighted by Crippen LogP contribution is -2.14. The van der Waals surface area contributed by atoms with Crippen LogP contribution in [0.15, 0.2) is 449 Å². The predicted molar refractivity (Wildman–Crippen MR) is 554 cm³/mol. The Labute approximate surface area is 791 Å². The van der Waals surface area contributed by atoms with E-state index in [1.54, 1.807) is 18.2 Å². The molecule has 3 heteroatoms. The number of hydrogen-bond acceptors (Lipinski definition) is 3. The highest BCUT2D eigenvalue weighted by Crippen LogP contribution is 2.56. The molecule has 0 saturated heterocycles. The molecule has 2 aliphatic carbocycles. The van der Waals surface area contributed by atoms with Crippen LogP contribution in [-0.2, 0) is 10.8 Å². The van der Waals surface area contributed by atoms with Crippen LogP contribution >= 0.6 is 0 Å². The van der Waals surface area contributed by atoms with Crippen molar-refractivity contribution < 1.29 is 46.1 Å². The molecule has 0 aliphatic heterocycles. The first-order valence-electron chi connectivity index (χ1n) is 55.6. The van der Waals surface area contributed by atoms with Gasteiger partial charge in [0.05, 0.1) is 32.9 Å². The third-order valence-corrected chi connectivity index (χ3v) is 27.1. The van der Waals surface area contributed by atoms with Gasteiger partial charge in [0.25, 0.3) is 0 Å². The molecule has 3 aromatic heterocycles. The molecule has 0 amide bonds. The van der Waals surface area contributed by atoms with E-state index in [1.165, 1.54) is 27.8 Å². The zero-order valence-corrected chi connectivity index (χ0v) is 70.9. The van der Waals surface area contributed by atoms with Crippen molar-refractivity contribution in [2.24, 2.45) is 0 Å². The summed E-state index contributed by atoms with van der Waals surface area (Å²) in [5.41, 5.74) is 19.6. The van der Waals surface area contributed by atoms with Crippen LogP contribution < -0.4 is 0 Å². The Bertz CT molecular complexity index is 10600. The summed E-state index contributed by atoms with van der Waals surface area (Å²) in [6, 6.07) is 84.7. The molecule has 0 bridgehead atoms. The van der Waals surface area contributed by atoms with E-state index in [1.807, 2.05) is 218 Å². The van der Waals surface area contributed by atoms with E-state index in [9.17, 15) is 16.4 Å². The van der Waals surface area contributed by atoms with Crippen molar-refractivity contribution in [3.8, 4) is 100 Å². The number of rotatable bonds is 7. The maximum absolute atomic E-state index is 9.40. The zero-order chi connectivity index (χ0) is 108. The van der Waals surface area contributed by atoms with Gasteiger partial charge < -0.3 is 13.3 Å². The highest BCUT2D eigenvalue weighted by atomic mass is 16.3. The van der Waals surface area contributed by atoms with Gasteiger partial charge in [-0.1, -0.05) is 409 Å². The summed E-state index contributed by atoms with van der Waals surface area (Å²) in [5, 5.41) is 10.2. The standard InChI is InChI=1S/C47H32O.C41H28O.C40H24O/c1-47(2)40-19-9-7-12-32(40)39-28-31(26-27-41(39)47)29-22-24-30(25-23-29)44-33-13-3-5-15-35(33)45(36-16-6-4-14-34(36)44)38-18-11-21-43-46(38)37-17-8-10-20-42(37)48-43;1-41(2)34-19-9-7-12-26(34)33-24-25(22-23-35(33)41)38-27-13-3-5-15-29(27)39(30-16-6-4-14-28(30)38)32-18-11-21-37-40(32)31-17-8-10-20-36(31)42-37;1-2-13-26-25(12-1)24-35(28-15-4-3-14-27(26)28)39-31-18-7-5-16-29(31)38(30-17-6-8-19-32(30)39)34-21-11-23-37-40(34)33-20-9-10-22-36(33)41-37/h3-28H,1-2H3;3-24H,1-2H3;1-24H/i2*3D,4D,5D,6D,13D,14D,15D,16D;5D,6D,7D,8D,16D,17D,18D,19D. The predicted octanol–water partition coefficient (Wildman–Crippen LogP) is 36.3. The second-order valence-corrected chi connectivity index (χ2v) is 34.7. The summed E-state index contributed by atoms with van der Waals surface area (Å²) in [5.74, 6) is 0. The topological polar surface area (TPSA) is 39.4 Å². The third-order valence-electron chi connectivity index (χ3n) is 27.1. The van der Waals surface area contributed by atoms with Gasteiger partial charge in [-0.2, -0.15) is 0 Å². The van der Waals surface area contributed by atoms with E-state index >= 15 is 0 Å². The molecule has 3 nitrogen and oxygen atoms in total. The molecule has 3 heterocycles. The van der Waals surface area contributed by atoms with Gasteiger partial charge in [-0.05, 0) is 263 Å². The van der Waals surface area contributed by atoms with Crippen LogP contribution in [0.2, 0.25) is 0 Å². The molecule has 0 saturated carbocycles. The van der Waals surface area contributed by atoms with Crippen LogP contribution in [0.5, 0.6) is 0 Å². The van der Waals surface area contributed by atoms with E-state index < -0.39 is 72.5 Å². The molecule has 0 radical (unpaired) electrons. The SMILES string of the molecule is [2H]c1c([2H])c([2H])c2c(-c3cccc4oc5ccccc5c34)c3c([2H])c([2H])c([2H])c([2H])c3c(-c3cc4ccccc4c4ccccc34)c2c1[2H].[2H]c1c([2H])c([2H])c2c(-c3cccc4oc5ccccc5c34)c3c([2H])c([2H])c([2H])c([2H])c3c(-c3ccc(-c4ccc5c(c4)-c4ccccc4C5(C)C)cc3)c2c1[2H].[2H]c1c([2H])c([2H])c2c(-c3cccc4oc5ccccc5c34)c3c([2H])c([2H])c([2H])c([2H])c3c(-c3ccc4c(c3)-c3ccccc3C4(C)C)c2c1[2H]. The largest absolute Gasteiger partial charge is 0.456 e. The van der Waals surface area contributed by atoms with Crippen molar-refractivity contribution in [2.45, 2.75) is 38.5 Å². The molecule has 2 aliphatic rings. The van der Waals surface area contributed by atoms with E-state index in [0.29, 0.717) is 116 Å². The van der Waals surface area contributed by atoms with Gasteiger partial charge in [-0.3, -0.25) is 0 Å². The molecule has 23 aromatic carbocycles. The Morgan fingerprint density at radius 1 is 0.176 bits per heavy atom. The van der Waals surface area contributed by atoms with E-state index in [0.717, 1.165) is 65.5 Å². The highest BCUT2D eigenvalue weighted by molar-refractivity contribution is 6.31. The maximum atomic E-state index is 9.40. The average Bonchev–Trinajstić information content (AvgIpc) is 1.71. The number of fused-ring (bicyclic) bond motifs is 24. The average molecular weight is 1690 g/mol. The van der Waals surface area contributed by atoms with Crippen LogP contribution in [-0.4, -0.2) is 0 Å². The first-order chi connectivity index (χ1) is 74.5. The Morgan fingerprint density at radius 3 is 0.840 bits per heavy atom. The molecule has 28 rings (SSSR count). The summed E-state index contributed by atoms with van der Waals surface area (Å²) in [6.07, 6.45) is 0. The van der Waals surface area contributed by atoms with Crippen LogP contribution in [0, 0.1) is 0 Å². The first-order valence-corrected chi connectivity index (χ1v) is 43.6. The maximum Gasteiger partial charge on any atom is 0.136 e. The van der Waals surface area contributed by atoms with Gasteiger partial charge in [0, 0.05) is 43.1 Å². The van der Waals surface area contributed by atoms with E-state index in [-0.39, 0.29) is 148 Å². The van der Waals surface area contributed by atoms with Crippen LogP contribution in [0.25, 0.3) is 252 Å². The zero-order valence-electron chi connectivity index (χ0n) is 94.9. The van der Waals surface area contributed by atoms with Gasteiger partial charge in [0.15, 0.2) is 0 Å². The Kier molecular flexibility index (Phi) is 12.5. The molecule has 0 fully saturated rings. The van der Waals surface area contributed by atoms with Crippen molar-refractivity contribution >= 4 is 152 Å². The van der Waals surface area contributed by atoms with Crippen LogP contribution in [0.3, 0.4) is 0 Å². The Morgan fingerprint density at radius 2 is 0.443 bits per heavy atom. The van der Waals surface area contributed by atoms with Crippen LogP contribution in [0.4, 0.5) is 0 Å². The van der Waals surface area contributed by atoms with Crippen LogP contribution in [0.1, 0.15) is 82.8 Å². The van der Waals surface area contributed by atoms with E-state index in [4.69, 9.17) is 29.7 Å². The quantitative estimate of drug-likeness (QED) is 0.118. The minimum atomic E-state index is -0.434. The Balaban J connectivity index is 0.000000116. The monoisotopic (exact) mass is 1690 g/mol. The van der Waals surface area contributed by atoms with Gasteiger partial charge in [0.1, 0.15) is 33.5 Å². The fraction of sp³-hybridized carbons (Fsp3) is 0.0469. The van der Waals surface area contributed by atoms with Crippen molar-refractivity contribution in [1.29, 1.82) is 0 Å². The van der Waals surface area contributed by atoms with Gasteiger partial charge in [-0.15, -0.1) is 0 Å². The van der Waals surface area contributed by atoms with Crippen molar-refractivity contribution in [3.05, 3.63) is 458 Å². The molecule has 26 aromatic rings. The fourth-order valence-corrected chi connectivity index (χ4v) is 21.3. The lowest BCUT2D eigenvalue weighted by Gasteiger charge is -2.22. The van der Waals surface area contributed by atoms with Crippen molar-refractivity contribution in [1.82, 2.24) is 0 Å². The number of para-hydroxylation sites is 3. The third kappa shape index (κ3) is 11.6. The molecular weight excluding hydrogens is 1590 g/mol. The second-order valence-electron chi connectivity index (χ2n) is 34.7.